The second kappa shape index (κ2) is 12.3. The Balaban J connectivity index is 0.769. The molecule has 1 unspecified atom stereocenters. The Morgan fingerprint density at radius 3 is 2.33 bits per heavy atom. The summed E-state index contributed by atoms with van der Waals surface area (Å²) in [5, 5.41) is 3.16. The number of hydrogen-bond donors (Lipinski definition) is 1. The van der Waals surface area contributed by atoms with E-state index in [9.17, 15) is 24.0 Å². The third-order valence-electron chi connectivity index (χ3n) is 13.8. The van der Waals surface area contributed by atoms with Crippen LogP contribution in [0.2, 0.25) is 5.02 Å². The molecule has 1 aromatic heterocycles. The third-order valence-corrected chi connectivity index (χ3v) is 14.1. The molecule has 10 rings (SSSR count). The summed E-state index contributed by atoms with van der Waals surface area (Å²) < 4.78 is 2.15. The zero-order chi connectivity index (χ0) is 38.0. The van der Waals surface area contributed by atoms with Gasteiger partial charge >= 0.3 is 0 Å². The molecule has 0 radical (unpaired) electrons. The maximum Gasteiger partial charge on any atom is 0.282 e. The Morgan fingerprint density at radius 1 is 0.836 bits per heavy atom. The molecule has 1 spiro atoms. The summed E-state index contributed by atoms with van der Waals surface area (Å²) >= 11 is 6.51. The number of aromatic nitrogens is 2. The molecule has 6 aliphatic rings. The van der Waals surface area contributed by atoms with Gasteiger partial charge in [0.15, 0.2) is 0 Å². The fourth-order valence-electron chi connectivity index (χ4n) is 10.6. The molecule has 0 bridgehead atoms. The molecule has 3 aromatic carbocycles. The van der Waals surface area contributed by atoms with Gasteiger partial charge < -0.3 is 9.80 Å². The molecule has 12 heteroatoms. The Morgan fingerprint density at radius 2 is 1.58 bits per heavy atom. The Labute approximate surface area is 323 Å². The van der Waals surface area contributed by atoms with Gasteiger partial charge in [-0.1, -0.05) is 29.8 Å². The molecule has 1 N–H and O–H groups in total. The summed E-state index contributed by atoms with van der Waals surface area (Å²) in [6.07, 6.45) is 7.11. The van der Waals surface area contributed by atoms with Crippen LogP contribution in [0, 0.1) is 5.41 Å². The lowest BCUT2D eigenvalue weighted by molar-refractivity contribution is -0.136. The molecule has 1 saturated carbocycles. The van der Waals surface area contributed by atoms with Crippen LogP contribution in [0.4, 0.5) is 5.69 Å². The first-order chi connectivity index (χ1) is 26.4. The fourth-order valence-corrected chi connectivity index (χ4v) is 10.9. The van der Waals surface area contributed by atoms with Crippen LogP contribution in [0.15, 0.2) is 59.4 Å². The first kappa shape index (κ1) is 34.6. The monoisotopic (exact) mass is 758 g/mol. The van der Waals surface area contributed by atoms with Gasteiger partial charge in [0.05, 0.1) is 38.2 Å². The van der Waals surface area contributed by atoms with E-state index in [1.807, 2.05) is 24.3 Å². The number of likely N-dealkylation sites (tertiary alicyclic amines) is 1. The number of amides is 4. The van der Waals surface area contributed by atoms with Gasteiger partial charge in [-0.2, -0.15) is 4.98 Å². The number of hydrogen-bond acceptors (Lipinski definition) is 8. The molecule has 1 aliphatic carbocycles. The first-order valence-corrected chi connectivity index (χ1v) is 20.0. The Hall–Kier alpha value is -4.87. The number of carbonyl (C=O) groups is 4. The number of nitrogens with zero attached hydrogens (tertiary/aromatic N) is 5. The zero-order valence-electron chi connectivity index (χ0n) is 31.1. The average Bonchev–Trinajstić information content (AvgIpc) is 3.54. The smallest absolute Gasteiger partial charge is 0.282 e. The van der Waals surface area contributed by atoms with Crippen molar-refractivity contribution in [2.75, 3.05) is 31.1 Å². The van der Waals surface area contributed by atoms with Crippen LogP contribution in [0.25, 0.3) is 16.6 Å². The lowest BCUT2D eigenvalue weighted by atomic mass is 9.59. The summed E-state index contributed by atoms with van der Waals surface area (Å²) in [5.41, 5.74) is 5.68. The van der Waals surface area contributed by atoms with E-state index in [-0.39, 0.29) is 24.3 Å². The number of rotatable bonds is 4. The summed E-state index contributed by atoms with van der Waals surface area (Å²) in [4.78, 5) is 74.4. The minimum absolute atomic E-state index is 0.103. The molecule has 11 nitrogen and oxygen atoms in total. The van der Waals surface area contributed by atoms with Crippen LogP contribution in [-0.4, -0.2) is 81.2 Å². The number of benzene rings is 3. The minimum atomic E-state index is -0.959. The van der Waals surface area contributed by atoms with Crippen LogP contribution in [0.3, 0.4) is 0 Å². The molecule has 6 heterocycles. The number of fused-ring (bicyclic) bond motifs is 6. The van der Waals surface area contributed by atoms with Gasteiger partial charge in [-0.05, 0) is 131 Å². The van der Waals surface area contributed by atoms with Crippen LogP contribution >= 0.6 is 11.6 Å². The predicted octanol–water partition coefficient (Wildman–Crippen LogP) is 5.71. The van der Waals surface area contributed by atoms with E-state index in [1.165, 1.54) is 24.0 Å². The van der Waals surface area contributed by atoms with Crippen molar-refractivity contribution in [1.82, 2.24) is 24.7 Å². The number of carbonyl (C=O) groups excluding carboxylic acids is 4. The minimum Gasteiger partial charge on any atom is -0.371 e. The van der Waals surface area contributed by atoms with Crippen molar-refractivity contribution in [2.45, 2.75) is 88.6 Å². The second-order valence-electron chi connectivity index (χ2n) is 17.1. The topological polar surface area (TPSA) is 125 Å². The van der Waals surface area contributed by atoms with Crippen LogP contribution in [0.5, 0.6) is 0 Å². The standard InChI is InChI=1S/C43H43ClN6O5/c1-42(2)30-9-6-25(20-34(30)49-32-5-3-4-31(44)36(32)38(53)46-41(42)49)24-12-16-47(17-13-24)27-22-43(23-27)14-18-48(19-15-43)26-7-8-28-29(21-26)40(55)50(39(28)54)33-10-11-35(51)45-37(33)52/h3-9,20-21,24,27,33H,10-19,22-23H2,1-2H3,(H,45,51,52). The molecule has 3 saturated heterocycles. The van der Waals surface area contributed by atoms with Gasteiger partial charge in [0.1, 0.15) is 11.9 Å². The van der Waals surface area contributed by atoms with Gasteiger partial charge in [0.25, 0.3) is 17.4 Å². The van der Waals surface area contributed by atoms with E-state index in [1.54, 1.807) is 12.1 Å². The quantitative estimate of drug-likeness (QED) is 0.263. The number of nitrogens with one attached hydrogen (secondary N) is 1. The Bertz CT molecular complexity index is 2420. The molecule has 4 amide bonds. The Kier molecular flexibility index (Phi) is 7.75. The number of halogens is 1. The van der Waals surface area contributed by atoms with Gasteiger partial charge in [-0.25, -0.2) is 0 Å². The highest BCUT2D eigenvalue weighted by atomic mass is 35.5. The summed E-state index contributed by atoms with van der Waals surface area (Å²) in [5.74, 6) is -0.677. The van der Waals surface area contributed by atoms with Crippen LogP contribution in [0.1, 0.15) is 109 Å². The van der Waals surface area contributed by atoms with Crippen molar-refractivity contribution in [1.29, 1.82) is 0 Å². The van der Waals surface area contributed by atoms with Crippen LogP contribution < -0.4 is 15.8 Å². The highest BCUT2D eigenvalue weighted by Gasteiger charge is 2.49. The van der Waals surface area contributed by atoms with Crippen molar-refractivity contribution < 1.29 is 19.2 Å². The highest BCUT2D eigenvalue weighted by Crippen LogP contribution is 2.52. The van der Waals surface area contributed by atoms with Gasteiger partial charge in [-0.3, -0.25) is 38.8 Å². The molecule has 5 aliphatic heterocycles. The largest absolute Gasteiger partial charge is 0.371 e. The van der Waals surface area contributed by atoms with Gasteiger partial charge in [0.2, 0.25) is 11.8 Å². The summed E-state index contributed by atoms with van der Waals surface area (Å²) in [7, 11) is 0. The van der Waals surface area contributed by atoms with Crippen molar-refractivity contribution in [3.05, 3.63) is 98.1 Å². The lowest BCUT2D eigenvalue weighted by Crippen LogP contribution is -2.56. The SMILES string of the molecule is CC1(C)c2ccc(C3CCN(C4CC5(CCN(c6ccc7c(c6)C(=O)N(C6CCC(=O)NC6=O)C7=O)CC5)C4)CC3)cc2-n2c1nc(=O)c1c(Cl)cccc12. The van der Waals surface area contributed by atoms with Gasteiger partial charge in [-0.15, -0.1) is 0 Å². The normalized spacial score (nSPS) is 23.6. The molecule has 4 fully saturated rings. The number of imide groups is 2. The molecule has 55 heavy (non-hydrogen) atoms. The highest BCUT2D eigenvalue weighted by molar-refractivity contribution is 6.35. The van der Waals surface area contributed by atoms with E-state index < -0.39 is 29.2 Å². The van der Waals surface area contributed by atoms with Crippen molar-refractivity contribution in [3.8, 4) is 5.69 Å². The fraction of sp³-hybridized carbons (Fsp3) is 0.442. The lowest BCUT2D eigenvalue weighted by Gasteiger charge is -2.56. The van der Waals surface area contributed by atoms with E-state index in [4.69, 9.17) is 11.6 Å². The molecule has 4 aromatic rings. The van der Waals surface area contributed by atoms with E-state index in [0.717, 1.165) is 79.5 Å². The van der Waals surface area contributed by atoms with Crippen LogP contribution in [-0.2, 0) is 15.0 Å². The van der Waals surface area contributed by atoms with E-state index in [2.05, 4.69) is 56.7 Å². The van der Waals surface area contributed by atoms with Gasteiger partial charge in [0, 0.05) is 31.2 Å². The van der Waals surface area contributed by atoms with Crippen molar-refractivity contribution >= 4 is 51.8 Å². The summed E-state index contributed by atoms with van der Waals surface area (Å²) in [6, 6.07) is 17.6. The number of anilines is 1. The zero-order valence-corrected chi connectivity index (χ0v) is 31.8. The first-order valence-electron chi connectivity index (χ1n) is 19.6. The van der Waals surface area contributed by atoms with E-state index in [0.29, 0.717) is 38.9 Å². The second-order valence-corrected chi connectivity index (χ2v) is 17.6. The molecule has 282 valence electrons. The molecule has 1 atom stereocenters. The van der Waals surface area contributed by atoms with Crippen molar-refractivity contribution in [3.63, 3.8) is 0 Å². The number of piperidine rings is 3. The maximum absolute atomic E-state index is 13.4. The summed E-state index contributed by atoms with van der Waals surface area (Å²) in [6.45, 7) is 8.24. The molecular formula is C43H43ClN6O5. The average molecular weight is 759 g/mol. The van der Waals surface area contributed by atoms with Crippen molar-refractivity contribution in [2.24, 2.45) is 5.41 Å². The predicted molar refractivity (Wildman–Crippen MR) is 208 cm³/mol. The third kappa shape index (κ3) is 5.25. The molecular weight excluding hydrogens is 716 g/mol. The van der Waals surface area contributed by atoms with E-state index >= 15 is 0 Å². The maximum atomic E-state index is 13.4.